The molecule has 2 heterocycles. The summed E-state index contributed by atoms with van der Waals surface area (Å²) in [6.45, 7) is 3.68. The zero-order chi connectivity index (χ0) is 13.8. The Morgan fingerprint density at radius 2 is 2.32 bits per heavy atom. The number of nitrogens with two attached hydrogens (primary N) is 1. The van der Waals surface area contributed by atoms with E-state index in [-0.39, 0.29) is 0 Å². The van der Waals surface area contributed by atoms with Gasteiger partial charge in [0.15, 0.2) is 0 Å². The van der Waals surface area contributed by atoms with Gasteiger partial charge in [-0.2, -0.15) is 0 Å². The highest BCUT2D eigenvalue weighted by Gasteiger charge is 2.17. The molecule has 5 heteroatoms. The van der Waals surface area contributed by atoms with Crippen LogP contribution in [0.1, 0.15) is 30.5 Å². The second-order valence-electron chi connectivity index (χ2n) is 5.09. The fourth-order valence-corrected chi connectivity index (χ4v) is 2.46. The first-order valence-corrected chi connectivity index (χ1v) is 7.08. The van der Waals surface area contributed by atoms with E-state index in [1.54, 1.807) is 0 Å². The number of likely N-dealkylation sites (N-methyl/N-ethyl adjacent to an activating group) is 1. The van der Waals surface area contributed by atoms with Crippen LogP contribution < -0.4 is 10.6 Å². The van der Waals surface area contributed by atoms with Gasteiger partial charge >= 0.3 is 0 Å². The second-order valence-corrected chi connectivity index (χ2v) is 5.53. The van der Waals surface area contributed by atoms with Gasteiger partial charge in [-0.3, -0.25) is 0 Å². The second kappa shape index (κ2) is 6.30. The Morgan fingerprint density at radius 3 is 2.95 bits per heavy atom. The summed E-state index contributed by atoms with van der Waals surface area (Å²) in [4.78, 5) is 7.06. The molecule has 1 saturated heterocycles. The Hall–Kier alpha value is -1.20. The van der Waals surface area contributed by atoms with E-state index in [1.165, 1.54) is 12.8 Å². The largest absolute Gasteiger partial charge is 0.389 e. The maximum atomic E-state index is 5.76. The van der Waals surface area contributed by atoms with E-state index in [0.717, 1.165) is 36.6 Å². The molecule has 104 valence electrons. The van der Waals surface area contributed by atoms with Crippen molar-refractivity contribution >= 4 is 23.0 Å². The Balaban J connectivity index is 2.09. The summed E-state index contributed by atoms with van der Waals surface area (Å²) in [5.41, 5.74) is 7.49. The van der Waals surface area contributed by atoms with Crippen molar-refractivity contribution in [2.24, 2.45) is 5.73 Å². The Morgan fingerprint density at radius 1 is 1.53 bits per heavy atom. The maximum Gasteiger partial charge on any atom is 0.129 e. The molecule has 0 radical (unpaired) electrons. The first kappa shape index (κ1) is 14.2. The molecule has 2 rings (SSSR count). The average Bonchev–Trinajstić information content (AvgIpc) is 2.39. The number of rotatable bonds is 4. The van der Waals surface area contributed by atoms with Gasteiger partial charge in [0.2, 0.25) is 0 Å². The van der Waals surface area contributed by atoms with Gasteiger partial charge in [0.1, 0.15) is 10.8 Å². The third-order valence-corrected chi connectivity index (χ3v) is 3.60. The highest BCUT2D eigenvalue weighted by molar-refractivity contribution is 7.80. The molecular formula is C14H21N3OS. The fourth-order valence-electron chi connectivity index (χ4n) is 2.34. The zero-order valence-electron chi connectivity index (χ0n) is 11.6. The van der Waals surface area contributed by atoms with Crippen LogP contribution in [0.2, 0.25) is 0 Å². The van der Waals surface area contributed by atoms with E-state index in [1.807, 2.05) is 26.1 Å². The van der Waals surface area contributed by atoms with Crippen molar-refractivity contribution in [2.75, 3.05) is 25.1 Å². The topological polar surface area (TPSA) is 51.4 Å². The first-order valence-electron chi connectivity index (χ1n) is 6.67. The molecule has 0 aliphatic carbocycles. The first-order chi connectivity index (χ1) is 9.06. The summed E-state index contributed by atoms with van der Waals surface area (Å²) in [5.74, 6) is 0.900. The third kappa shape index (κ3) is 3.88. The number of aromatic nitrogens is 1. The molecule has 1 aromatic heterocycles. The summed E-state index contributed by atoms with van der Waals surface area (Å²) < 4.78 is 5.76. The predicted octanol–water partition coefficient (Wildman–Crippen LogP) is 2.03. The van der Waals surface area contributed by atoms with Gasteiger partial charge in [-0.05, 0) is 38.3 Å². The maximum absolute atomic E-state index is 5.76. The normalized spacial score (nSPS) is 19.2. The summed E-state index contributed by atoms with van der Waals surface area (Å²) in [7, 11) is 2.03. The number of pyridine rings is 1. The lowest BCUT2D eigenvalue weighted by Crippen LogP contribution is -2.34. The minimum atomic E-state index is 0.300. The lowest BCUT2D eigenvalue weighted by atomic mass is 10.1. The number of anilines is 1. The molecule has 0 amide bonds. The van der Waals surface area contributed by atoms with E-state index in [4.69, 9.17) is 22.7 Å². The van der Waals surface area contributed by atoms with Gasteiger partial charge in [-0.1, -0.05) is 12.2 Å². The molecule has 4 nitrogen and oxygen atoms in total. The van der Waals surface area contributed by atoms with Crippen LogP contribution in [0.5, 0.6) is 0 Å². The van der Waals surface area contributed by atoms with E-state index in [2.05, 4.69) is 9.88 Å². The number of aryl methyl sites for hydroxylation is 1. The molecule has 0 saturated carbocycles. The van der Waals surface area contributed by atoms with Crippen molar-refractivity contribution in [2.45, 2.75) is 32.3 Å². The van der Waals surface area contributed by atoms with Crippen LogP contribution in [0.4, 0.5) is 5.82 Å². The summed E-state index contributed by atoms with van der Waals surface area (Å²) >= 11 is 5.04. The molecule has 1 aliphatic heterocycles. The van der Waals surface area contributed by atoms with E-state index >= 15 is 0 Å². The van der Waals surface area contributed by atoms with Crippen LogP contribution in [-0.2, 0) is 4.74 Å². The summed E-state index contributed by atoms with van der Waals surface area (Å²) in [6, 6.07) is 3.86. The third-order valence-electron chi connectivity index (χ3n) is 3.37. The molecule has 0 spiro atoms. The monoisotopic (exact) mass is 279 g/mol. The predicted molar refractivity (Wildman–Crippen MR) is 81.7 cm³/mol. The Kier molecular flexibility index (Phi) is 4.71. The molecule has 0 bridgehead atoms. The molecule has 1 unspecified atom stereocenters. The molecule has 0 aromatic carbocycles. The molecule has 2 N–H and O–H groups in total. The molecule has 1 aromatic rings. The van der Waals surface area contributed by atoms with Gasteiger partial charge in [-0.25, -0.2) is 4.98 Å². The molecule has 1 atom stereocenters. The van der Waals surface area contributed by atoms with E-state index in [0.29, 0.717) is 11.1 Å². The fraction of sp³-hybridized carbons (Fsp3) is 0.571. The van der Waals surface area contributed by atoms with Crippen molar-refractivity contribution in [1.29, 1.82) is 0 Å². The van der Waals surface area contributed by atoms with Gasteiger partial charge in [0, 0.05) is 31.5 Å². The smallest absolute Gasteiger partial charge is 0.129 e. The lowest BCUT2D eigenvalue weighted by Gasteiger charge is -2.28. The van der Waals surface area contributed by atoms with Gasteiger partial charge in [-0.15, -0.1) is 0 Å². The van der Waals surface area contributed by atoms with Crippen LogP contribution in [0.15, 0.2) is 12.1 Å². The van der Waals surface area contributed by atoms with E-state index in [9.17, 15) is 0 Å². The van der Waals surface area contributed by atoms with Crippen molar-refractivity contribution in [3.8, 4) is 0 Å². The van der Waals surface area contributed by atoms with Crippen LogP contribution >= 0.6 is 12.2 Å². The number of thiocarbonyl (C=S) groups is 1. The standard InChI is InChI=1S/C14H21N3OS/c1-10-7-11(14(15)19)8-13(16-10)17(2)9-12-5-3-4-6-18-12/h7-8,12H,3-6,9H2,1-2H3,(H2,15,19). The highest BCUT2D eigenvalue weighted by atomic mass is 32.1. The quantitative estimate of drug-likeness (QED) is 0.855. The minimum absolute atomic E-state index is 0.300. The summed E-state index contributed by atoms with van der Waals surface area (Å²) in [5, 5.41) is 0. The number of nitrogens with zero attached hydrogens (tertiary/aromatic N) is 2. The highest BCUT2D eigenvalue weighted by Crippen LogP contribution is 2.18. The molecule has 1 aliphatic rings. The number of ether oxygens (including phenoxy) is 1. The molecule has 1 fully saturated rings. The SMILES string of the molecule is Cc1cc(C(N)=S)cc(N(C)CC2CCCCO2)n1. The van der Waals surface area contributed by atoms with Crippen LogP contribution in [0.3, 0.4) is 0 Å². The molecule has 19 heavy (non-hydrogen) atoms. The van der Waals surface area contributed by atoms with Crippen LogP contribution in [-0.4, -0.2) is 36.3 Å². The van der Waals surface area contributed by atoms with Gasteiger partial charge in [0.05, 0.1) is 6.10 Å². The minimum Gasteiger partial charge on any atom is -0.389 e. The van der Waals surface area contributed by atoms with E-state index < -0.39 is 0 Å². The lowest BCUT2D eigenvalue weighted by molar-refractivity contribution is 0.0215. The zero-order valence-corrected chi connectivity index (χ0v) is 12.4. The number of hydrogen-bond donors (Lipinski definition) is 1. The molecular weight excluding hydrogens is 258 g/mol. The van der Waals surface area contributed by atoms with Gasteiger partial charge in [0.25, 0.3) is 0 Å². The van der Waals surface area contributed by atoms with Gasteiger partial charge < -0.3 is 15.4 Å². The van der Waals surface area contributed by atoms with Crippen molar-refractivity contribution in [1.82, 2.24) is 4.98 Å². The van der Waals surface area contributed by atoms with Crippen LogP contribution in [0, 0.1) is 6.92 Å². The Labute approximate surface area is 120 Å². The number of hydrogen-bond acceptors (Lipinski definition) is 4. The average molecular weight is 279 g/mol. The Bertz CT molecular complexity index is 458. The van der Waals surface area contributed by atoms with Crippen molar-refractivity contribution in [3.63, 3.8) is 0 Å². The van der Waals surface area contributed by atoms with Crippen molar-refractivity contribution < 1.29 is 4.74 Å². The van der Waals surface area contributed by atoms with Crippen LogP contribution in [0.25, 0.3) is 0 Å². The van der Waals surface area contributed by atoms with Crippen molar-refractivity contribution in [3.05, 3.63) is 23.4 Å². The summed E-state index contributed by atoms with van der Waals surface area (Å²) in [6.07, 6.45) is 3.85.